The van der Waals surface area contributed by atoms with Gasteiger partial charge >= 0.3 is 0 Å². The molecule has 112 valence electrons. The molecule has 1 aliphatic carbocycles. The second-order valence-electron chi connectivity index (χ2n) is 5.74. The summed E-state index contributed by atoms with van der Waals surface area (Å²) >= 11 is 0. The van der Waals surface area contributed by atoms with Gasteiger partial charge in [0.25, 0.3) is 0 Å². The zero-order valence-corrected chi connectivity index (χ0v) is 12.7. The van der Waals surface area contributed by atoms with Crippen LogP contribution in [-0.4, -0.2) is 26.1 Å². The molecule has 20 heavy (non-hydrogen) atoms. The van der Waals surface area contributed by atoms with Gasteiger partial charge < -0.3 is 15.1 Å². The van der Waals surface area contributed by atoms with Crippen LogP contribution in [0.3, 0.4) is 0 Å². The quantitative estimate of drug-likeness (QED) is 0.621. The number of nitrogens with zero attached hydrogens (tertiary/aromatic N) is 1. The second-order valence-corrected chi connectivity index (χ2v) is 5.74. The highest BCUT2D eigenvalue weighted by Gasteiger charge is 2.31. The third kappa shape index (κ3) is 4.02. The first-order valence-electron chi connectivity index (χ1n) is 7.75. The molecule has 2 rings (SSSR count). The first-order valence-corrected chi connectivity index (χ1v) is 7.75. The first-order chi connectivity index (χ1) is 9.78. The molecule has 1 heterocycles. The van der Waals surface area contributed by atoms with Crippen LogP contribution < -0.4 is 10.6 Å². The summed E-state index contributed by atoms with van der Waals surface area (Å²) in [5.74, 6) is 1.91. The highest BCUT2D eigenvalue weighted by Crippen LogP contribution is 2.40. The fourth-order valence-electron chi connectivity index (χ4n) is 3.03. The lowest BCUT2D eigenvalue weighted by atomic mass is 9.83. The molecule has 1 saturated carbocycles. The highest BCUT2D eigenvalue weighted by molar-refractivity contribution is 5.79. The number of guanidine groups is 1. The second kappa shape index (κ2) is 7.36. The van der Waals surface area contributed by atoms with Gasteiger partial charge in [0, 0.05) is 26.6 Å². The Morgan fingerprint density at radius 2 is 2.15 bits per heavy atom. The fraction of sp³-hybridized carbons (Fsp3) is 0.688. The topological polar surface area (TPSA) is 49.6 Å². The molecule has 1 aromatic rings. The minimum atomic E-state index is 0.485. The normalized spacial score (nSPS) is 18.2. The summed E-state index contributed by atoms with van der Waals surface area (Å²) < 4.78 is 5.32. The van der Waals surface area contributed by atoms with Gasteiger partial charge in [-0.1, -0.05) is 19.8 Å². The van der Waals surface area contributed by atoms with Gasteiger partial charge in [0.2, 0.25) is 0 Å². The average Bonchev–Trinajstić information content (AvgIpc) is 3.14. The lowest BCUT2D eigenvalue weighted by molar-refractivity contribution is 0.283. The Labute approximate surface area is 122 Å². The number of nitrogens with one attached hydrogen (secondary N) is 2. The van der Waals surface area contributed by atoms with E-state index < -0.39 is 0 Å². The van der Waals surface area contributed by atoms with Crippen LogP contribution >= 0.6 is 0 Å². The minimum Gasteiger partial charge on any atom is -0.469 e. The van der Waals surface area contributed by atoms with Crippen molar-refractivity contribution in [2.24, 2.45) is 10.4 Å². The van der Waals surface area contributed by atoms with Gasteiger partial charge in [-0.2, -0.15) is 0 Å². The van der Waals surface area contributed by atoms with Gasteiger partial charge in [0.05, 0.1) is 6.26 Å². The van der Waals surface area contributed by atoms with E-state index in [0.717, 1.165) is 31.2 Å². The van der Waals surface area contributed by atoms with Gasteiger partial charge in [0.1, 0.15) is 5.76 Å². The maximum absolute atomic E-state index is 5.32. The zero-order chi connectivity index (χ0) is 14.3. The molecule has 1 fully saturated rings. The molecular weight excluding hydrogens is 250 g/mol. The van der Waals surface area contributed by atoms with Crippen LogP contribution in [0.25, 0.3) is 0 Å². The van der Waals surface area contributed by atoms with Crippen molar-refractivity contribution in [1.82, 2.24) is 10.6 Å². The largest absolute Gasteiger partial charge is 0.469 e. The van der Waals surface area contributed by atoms with Crippen LogP contribution in [-0.2, 0) is 6.42 Å². The van der Waals surface area contributed by atoms with Gasteiger partial charge in [-0.25, -0.2) is 0 Å². The third-order valence-corrected chi connectivity index (χ3v) is 4.51. The Morgan fingerprint density at radius 1 is 1.35 bits per heavy atom. The Morgan fingerprint density at radius 3 is 2.75 bits per heavy atom. The Kier molecular flexibility index (Phi) is 5.50. The summed E-state index contributed by atoms with van der Waals surface area (Å²) in [6.07, 6.45) is 9.30. The van der Waals surface area contributed by atoms with E-state index in [1.54, 1.807) is 6.26 Å². The van der Waals surface area contributed by atoms with Gasteiger partial charge in [0.15, 0.2) is 5.96 Å². The van der Waals surface area contributed by atoms with Crippen LogP contribution in [0.15, 0.2) is 27.8 Å². The molecule has 0 bridgehead atoms. The van der Waals surface area contributed by atoms with E-state index in [1.165, 1.54) is 32.1 Å². The molecule has 0 aliphatic heterocycles. The summed E-state index contributed by atoms with van der Waals surface area (Å²) in [4.78, 5) is 4.30. The van der Waals surface area contributed by atoms with E-state index in [-0.39, 0.29) is 0 Å². The van der Waals surface area contributed by atoms with E-state index in [9.17, 15) is 0 Å². The molecule has 0 radical (unpaired) electrons. The van der Waals surface area contributed by atoms with Crippen molar-refractivity contribution in [3.63, 3.8) is 0 Å². The first kappa shape index (κ1) is 14.9. The lowest BCUT2D eigenvalue weighted by Crippen LogP contribution is -2.43. The smallest absolute Gasteiger partial charge is 0.191 e. The average molecular weight is 277 g/mol. The molecule has 1 aromatic heterocycles. The Hall–Kier alpha value is -1.45. The standard InChI is InChI=1S/C16H27N3O/c1-3-16(9-4-5-10-16)13-19-15(17-2)18-11-8-14-7-6-12-20-14/h6-7,12H,3-5,8-11,13H2,1-2H3,(H2,17,18,19). The molecule has 1 aliphatic rings. The predicted molar refractivity (Wildman–Crippen MR) is 83.0 cm³/mol. The Balaban J connectivity index is 1.72. The number of hydrogen-bond donors (Lipinski definition) is 2. The van der Waals surface area contributed by atoms with Crippen LogP contribution in [0, 0.1) is 5.41 Å². The van der Waals surface area contributed by atoms with Gasteiger partial charge in [-0.15, -0.1) is 0 Å². The molecular formula is C16H27N3O. The number of hydrogen-bond acceptors (Lipinski definition) is 2. The maximum atomic E-state index is 5.32. The maximum Gasteiger partial charge on any atom is 0.191 e. The predicted octanol–water partition coefficient (Wildman–Crippen LogP) is 2.96. The number of furan rings is 1. The molecule has 0 atom stereocenters. The zero-order valence-electron chi connectivity index (χ0n) is 12.7. The summed E-state index contributed by atoms with van der Waals surface area (Å²) in [6, 6.07) is 3.93. The van der Waals surface area contributed by atoms with E-state index in [1.807, 2.05) is 19.2 Å². The van der Waals surface area contributed by atoms with Crippen molar-refractivity contribution >= 4 is 5.96 Å². The number of aliphatic imine (C=N–C) groups is 1. The van der Waals surface area contributed by atoms with E-state index >= 15 is 0 Å². The van der Waals surface area contributed by atoms with Crippen molar-refractivity contribution < 1.29 is 4.42 Å². The van der Waals surface area contributed by atoms with E-state index in [0.29, 0.717) is 5.41 Å². The van der Waals surface area contributed by atoms with Crippen molar-refractivity contribution in [1.29, 1.82) is 0 Å². The summed E-state index contributed by atoms with van der Waals surface area (Å²) in [5.41, 5.74) is 0.485. The SMILES string of the molecule is CCC1(CNC(=NC)NCCc2ccco2)CCCC1. The Bertz CT molecular complexity index is 405. The van der Waals surface area contributed by atoms with E-state index in [4.69, 9.17) is 4.42 Å². The third-order valence-electron chi connectivity index (χ3n) is 4.51. The summed E-state index contributed by atoms with van der Waals surface area (Å²) in [7, 11) is 1.83. The molecule has 4 nitrogen and oxygen atoms in total. The van der Waals surface area contributed by atoms with Crippen LogP contribution in [0.5, 0.6) is 0 Å². The van der Waals surface area contributed by atoms with Crippen molar-refractivity contribution in [3.8, 4) is 0 Å². The van der Waals surface area contributed by atoms with Crippen molar-refractivity contribution in [2.45, 2.75) is 45.4 Å². The van der Waals surface area contributed by atoms with Crippen molar-refractivity contribution in [2.75, 3.05) is 20.1 Å². The molecule has 2 N–H and O–H groups in total. The molecule has 0 saturated heterocycles. The van der Waals surface area contributed by atoms with Crippen LogP contribution in [0.1, 0.15) is 44.8 Å². The number of rotatable bonds is 6. The summed E-state index contributed by atoms with van der Waals surface area (Å²) in [6.45, 7) is 4.18. The monoisotopic (exact) mass is 277 g/mol. The lowest BCUT2D eigenvalue weighted by Gasteiger charge is -2.28. The molecule has 0 aromatic carbocycles. The molecule has 0 unspecified atom stereocenters. The molecule has 4 heteroatoms. The highest BCUT2D eigenvalue weighted by atomic mass is 16.3. The molecule has 0 spiro atoms. The minimum absolute atomic E-state index is 0.485. The van der Waals surface area contributed by atoms with Crippen LogP contribution in [0.2, 0.25) is 0 Å². The van der Waals surface area contributed by atoms with Gasteiger partial charge in [-0.05, 0) is 36.8 Å². The van der Waals surface area contributed by atoms with E-state index in [2.05, 4.69) is 22.5 Å². The summed E-state index contributed by atoms with van der Waals surface area (Å²) in [5, 5.41) is 6.84. The fourth-order valence-corrected chi connectivity index (χ4v) is 3.03. The molecule has 0 amide bonds. The van der Waals surface area contributed by atoms with Gasteiger partial charge in [-0.3, -0.25) is 4.99 Å². The van der Waals surface area contributed by atoms with Crippen LogP contribution in [0.4, 0.5) is 0 Å². The van der Waals surface area contributed by atoms with Crippen molar-refractivity contribution in [3.05, 3.63) is 24.2 Å².